The molecule has 0 aliphatic carbocycles. The predicted molar refractivity (Wildman–Crippen MR) is 91.3 cm³/mol. The van der Waals surface area contributed by atoms with Crippen LogP contribution in [0.5, 0.6) is 0 Å². The summed E-state index contributed by atoms with van der Waals surface area (Å²) in [6.45, 7) is 2.78. The van der Waals surface area contributed by atoms with E-state index in [4.69, 9.17) is 0 Å². The van der Waals surface area contributed by atoms with E-state index in [0.29, 0.717) is 0 Å². The highest BCUT2D eigenvalue weighted by molar-refractivity contribution is 7.89. The van der Waals surface area contributed by atoms with Gasteiger partial charge in [0.25, 0.3) is 0 Å². The van der Waals surface area contributed by atoms with Gasteiger partial charge < -0.3 is 0 Å². The van der Waals surface area contributed by atoms with E-state index in [-0.39, 0.29) is 6.54 Å². The molecule has 134 valence electrons. The SMILES string of the molecule is O=S(=O)(NCc1ccccc1CN1CCCC1)c1c(F)cccc1F. The number of halogens is 2. The number of nitrogens with one attached hydrogen (secondary N) is 1. The highest BCUT2D eigenvalue weighted by atomic mass is 32.2. The number of sulfonamides is 1. The van der Waals surface area contributed by atoms with E-state index in [1.165, 1.54) is 12.8 Å². The molecule has 0 aromatic heterocycles. The smallest absolute Gasteiger partial charge is 0.246 e. The van der Waals surface area contributed by atoms with Crippen LogP contribution in [-0.4, -0.2) is 26.4 Å². The van der Waals surface area contributed by atoms with Crippen molar-refractivity contribution in [2.45, 2.75) is 30.8 Å². The van der Waals surface area contributed by atoms with E-state index >= 15 is 0 Å². The molecule has 0 bridgehead atoms. The molecule has 4 nitrogen and oxygen atoms in total. The molecule has 0 atom stereocenters. The monoisotopic (exact) mass is 366 g/mol. The Morgan fingerprint density at radius 2 is 1.52 bits per heavy atom. The van der Waals surface area contributed by atoms with E-state index in [0.717, 1.165) is 49.0 Å². The van der Waals surface area contributed by atoms with Crippen molar-refractivity contribution in [3.8, 4) is 0 Å². The number of benzene rings is 2. The Labute approximate surface area is 146 Å². The van der Waals surface area contributed by atoms with Crippen LogP contribution in [0.1, 0.15) is 24.0 Å². The van der Waals surface area contributed by atoms with Crippen LogP contribution >= 0.6 is 0 Å². The molecule has 0 saturated carbocycles. The lowest BCUT2D eigenvalue weighted by molar-refractivity contribution is 0.330. The number of hydrogen-bond donors (Lipinski definition) is 1. The number of likely N-dealkylation sites (tertiary alicyclic amines) is 1. The van der Waals surface area contributed by atoms with Crippen molar-refractivity contribution in [1.29, 1.82) is 0 Å². The molecular formula is C18H20F2N2O2S. The van der Waals surface area contributed by atoms with Gasteiger partial charge in [-0.1, -0.05) is 30.3 Å². The number of nitrogens with zero attached hydrogens (tertiary/aromatic N) is 1. The van der Waals surface area contributed by atoms with E-state index < -0.39 is 26.6 Å². The van der Waals surface area contributed by atoms with Gasteiger partial charge in [-0.15, -0.1) is 0 Å². The lowest BCUT2D eigenvalue weighted by Crippen LogP contribution is -2.26. The van der Waals surface area contributed by atoms with Gasteiger partial charge in [-0.2, -0.15) is 0 Å². The summed E-state index contributed by atoms with van der Waals surface area (Å²) < 4.78 is 54.4. The van der Waals surface area contributed by atoms with Gasteiger partial charge in [0.15, 0.2) is 4.90 Å². The first kappa shape index (κ1) is 18.0. The third-order valence-electron chi connectivity index (χ3n) is 4.35. The molecule has 0 radical (unpaired) electrons. The van der Waals surface area contributed by atoms with Crippen molar-refractivity contribution in [3.05, 3.63) is 65.2 Å². The second kappa shape index (κ2) is 7.59. The Morgan fingerprint density at radius 3 is 2.16 bits per heavy atom. The summed E-state index contributed by atoms with van der Waals surface area (Å²) in [5.41, 5.74) is 1.82. The fourth-order valence-electron chi connectivity index (χ4n) is 3.05. The summed E-state index contributed by atoms with van der Waals surface area (Å²) in [6, 6.07) is 10.5. The highest BCUT2D eigenvalue weighted by Gasteiger charge is 2.24. The third kappa shape index (κ3) is 4.23. The molecule has 2 aromatic rings. The van der Waals surface area contributed by atoms with Crippen molar-refractivity contribution in [2.24, 2.45) is 0 Å². The predicted octanol–water partition coefficient (Wildman–Crippen LogP) is 3.04. The second-order valence-electron chi connectivity index (χ2n) is 6.13. The van der Waals surface area contributed by atoms with Crippen molar-refractivity contribution in [1.82, 2.24) is 9.62 Å². The first-order valence-corrected chi connectivity index (χ1v) is 9.68. The molecule has 2 aromatic carbocycles. The van der Waals surface area contributed by atoms with Crippen molar-refractivity contribution < 1.29 is 17.2 Å². The van der Waals surface area contributed by atoms with Crippen molar-refractivity contribution in [3.63, 3.8) is 0 Å². The largest absolute Gasteiger partial charge is 0.299 e. The number of hydrogen-bond acceptors (Lipinski definition) is 3. The Morgan fingerprint density at radius 1 is 0.920 bits per heavy atom. The van der Waals surface area contributed by atoms with E-state index in [9.17, 15) is 17.2 Å². The third-order valence-corrected chi connectivity index (χ3v) is 5.80. The van der Waals surface area contributed by atoms with Crippen LogP contribution in [-0.2, 0) is 23.1 Å². The topological polar surface area (TPSA) is 49.4 Å². The highest BCUT2D eigenvalue weighted by Crippen LogP contribution is 2.20. The van der Waals surface area contributed by atoms with E-state index in [2.05, 4.69) is 9.62 Å². The van der Waals surface area contributed by atoms with Gasteiger partial charge in [0.05, 0.1) is 0 Å². The van der Waals surface area contributed by atoms with Gasteiger partial charge in [0.2, 0.25) is 10.0 Å². The normalized spacial score (nSPS) is 15.6. The first-order valence-electron chi connectivity index (χ1n) is 8.20. The van der Waals surface area contributed by atoms with Crippen LogP contribution in [0.3, 0.4) is 0 Å². The molecule has 0 amide bonds. The van der Waals surface area contributed by atoms with Gasteiger partial charge in [0, 0.05) is 13.1 Å². The van der Waals surface area contributed by atoms with Gasteiger partial charge in [-0.3, -0.25) is 4.90 Å². The molecule has 0 unspecified atom stereocenters. The minimum Gasteiger partial charge on any atom is -0.299 e. The maximum absolute atomic E-state index is 13.8. The molecule has 1 heterocycles. The lowest BCUT2D eigenvalue weighted by Gasteiger charge is -2.18. The van der Waals surface area contributed by atoms with Crippen LogP contribution in [0.25, 0.3) is 0 Å². The van der Waals surface area contributed by atoms with Gasteiger partial charge >= 0.3 is 0 Å². The van der Waals surface area contributed by atoms with E-state index in [1.807, 2.05) is 24.3 Å². The van der Waals surface area contributed by atoms with E-state index in [1.54, 1.807) is 0 Å². The lowest BCUT2D eigenvalue weighted by atomic mass is 10.1. The Balaban J connectivity index is 1.77. The fourth-order valence-corrected chi connectivity index (χ4v) is 4.19. The van der Waals surface area contributed by atoms with Gasteiger partial charge in [-0.25, -0.2) is 21.9 Å². The van der Waals surface area contributed by atoms with Gasteiger partial charge in [-0.05, 0) is 49.2 Å². The minimum atomic E-state index is -4.28. The van der Waals surface area contributed by atoms with Crippen LogP contribution in [0.2, 0.25) is 0 Å². The number of rotatable bonds is 6. The maximum Gasteiger partial charge on any atom is 0.246 e. The Kier molecular flexibility index (Phi) is 5.46. The summed E-state index contributed by atoms with van der Waals surface area (Å²) in [4.78, 5) is 1.37. The Bertz CT molecular complexity index is 830. The van der Waals surface area contributed by atoms with Gasteiger partial charge in [0.1, 0.15) is 11.6 Å². The summed E-state index contributed by atoms with van der Waals surface area (Å²) in [5, 5.41) is 0. The van der Waals surface area contributed by atoms with Crippen LogP contribution in [0.4, 0.5) is 8.78 Å². The maximum atomic E-state index is 13.8. The molecule has 1 saturated heterocycles. The van der Waals surface area contributed by atoms with Crippen molar-refractivity contribution in [2.75, 3.05) is 13.1 Å². The molecular weight excluding hydrogens is 346 g/mol. The molecule has 0 spiro atoms. The van der Waals surface area contributed by atoms with Crippen molar-refractivity contribution >= 4 is 10.0 Å². The first-order chi connectivity index (χ1) is 12.0. The summed E-state index contributed by atoms with van der Waals surface area (Å²) in [7, 11) is -4.28. The zero-order valence-electron chi connectivity index (χ0n) is 13.7. The quantitative estimate of drug-likeness (QED) is 0.855. The molecule has 1 aliphatic rings. The molecule has 1 aliphatic heterocycles. The zero-order valence-corrected chi connectivity index (χ0v) is 14.5. The molecule has 1 fully saturated rings. The average molecular weight is 366 g/mol. The average Bonchev–Trinajstić information content (AvgIpc) is 3.07. The molecule has 3 rings (SSSR count). The minimum absolute atomic E-state index is 0.0138. The molecule has 7 heteroatoms. The zero-order chi connectivity index (χ0) is 17.9. The standard InChI is InChI=1S/C18H20F2N2O2S/c19-16-8-5-9-17(20)18(16)25(23,24)21-12-14-6-1-2-7-15(14)13-22-10-3-4-11-22/h1-2,5-9,21H,3-4,10-13H2. The second-order valence-corrected chi connectivity index (χ2v) is 7.83. The summed E-state index contributed by atoms with van der Waals surface area (Å²) >= 11 is 0. The molecule has 25 heavy (non-hydrogen) atoms. The summed E-state index contributed by atoms with van der Waals surface area (Å²) in [6.07, 6.45) is 2.34. The fraction of sp³-hybridized carbons (Fsp3) is 0.333. The van der Waals surface area contributed by atoms with Crippen LogP contribution < -0.4 is 4.72 Å². The van der Waals surface area contributed by atoms with Crippen LogP contribution in [0, 0.1) is 11.6 Å². The van der Waals surface area contributed by atoms with Crippen LogP contribution in [0.15, 0.2) is 47.4 Å². The summed E-state index contributed by atoms with van der Waals surface area (Å²) in [5.74, 6) is -2.20. The molecule has 1 N–H and O–H groups in total. The Hall–Kier alpha value is -1.83.